The van der Waals surface area contributed by atoms with E-state index >= 15 is 0 Å². The summed E-state index contributed by atoms with van der Waals surface area (Å²) in [5, 5.41) is 2.63. The Labute approximate surface area is 175 Å². The van der Waals surface area contributed by atoms with Crippen molar-refractivity contribution in [1.82, 2.24) is 19.6 Å². The summed E-state index contributed by atoms with van der Waals surface area (Å²) in [5.74, 6) is -0.613. The lowest BCUT2D eigenvalue weighted by molar-refractivity contribution is -0.131. The lowest BCUT2D eigenvalue weighted by Gasteiger charge is -2.22. The molecule has 1 atom stereocenters. The number of ether oxygens (including phenoxy) is 1. The van der Waals surface area contributed by atoms with Crippen LogP contribution in [0.15, 0.2) is 53.3 Å². The Hall–Kier alpha value is -3.82. The Morgan fingerprint density at radius 3 is 2.52 bits per heavy atom. The molecule has 1 N–H and O–H groups in total. The van der Waals surface area contributed by atoms with Crippen LogP contribution in [0.4, 0.5) is 13.6 Å². The number of hydrogen-bond donors (Lipinski definition) is 1. The first-order chi connectivity index (χ1) is 14.7. The van der Waals surface area contributed by atoms with Crippen molar-refractivity contribution in [2.24, 2.45) is 0 Å². The van der Waals surface area contributed by atoms with E-state index in [0.29, 0.717) is 16.9 Å². The van der Waals surface area contributed by atoms with Gasteiger partial charge in [-0.15, -0.1) is 0 Å². The second-order valence-electron chi connectivity index (χ2n) is 7.30. The van der Waals surface area contributed by atoms with Gasteiger partial charge in [-0.2, -0.15) is 8.78 Å². The normalized spacial score (nSPS) is 18.7. The van der Waals surface area contributed by atoms with E-state index in [1.54, 1.807) is 25.1 Å². The number of nitrogens with one attached hydrogen (secondary N) is 1. The van der Waals surface area contributed by atoms with Crippen LogP contribution in [0, 0.1) is 6.92 Å². The van der Waals surface area contributed by atoms with Gasteiger partial charge in [0.2, 0.25) is 0 Å². The van der Waals surface area contributed by atoms with Gasteiger partial charge >= 0.3 is 12.6 Å². The third-order valence-corrected chi connectivity index (χ3v) is 5.19. The SMILES string of the molecule is Cc1cccc2nc(CN3C(=O)N[C@](C)(c4ccc(OC(F)F)cc4)C3=O)cc(=O)n12. The summed E-state index contributed by atoms with van der Waals surface area (Å²) in [6.45, 7) is 0.137. The molecular weight excluding hydrogens is 410 g/mol. The van der Waals surface area contributed by atoms with E-state index in [1.807, 2.05) is 0 Å². The summed E-state index contributed by atoms with van der Waals surface area (Å²) < 4.78 is 30.4. The van der Waals surface area contributed by atoms with Gasteiger partial charge in [-0.05, 0) is 43.7 Å². The molecule has 4 rings (SSSR count). The van der Waals surface area contributed by atoms with Crippen LogP contribution in [0.5, 0.6) is 5.75 Å². The predicted molar refractivity (Wildman–Crippen MR) is 106 cm³/mol. The number of alkyl halides is 2. The number of amides is 3. The molecular formula is C21H18F2N4O4. The first-order valence-electron chi connectivity index (χ1n) is 9.37. The maximum Gasteiger partial charge on any atom is 0.387 e. The largest absolute Gasteiger partial charge is 0.435 e. The average Bonchev–Trinajstić information content (AvgIpc) is 2.92. The van der Waals surface area contributed by atoms with Gasteiger partial charge in [0.05, 0.1) is 12.2 Å². The Kier molecular flexibility index (Phi) is 4.92. The number of carbonyl (C=O) groups is 2. The summed E-state index contributed by atoms with van der Waals surface area (Å²) in [6.07, 6.45) is 0. The highest BCUT2D eigenvalue weighted by Crippen LogP contribution is 2.31. The number of aromatic nitrogens is 2. The fraction of sp³-hybridized carbons (Fsp3) is 0.238. The van der Waals surface area contributed by atoms with Crippen LogP contribution in [0.2, 0.25) is 0 Å². The molecule has 8 nitrogen and oxygen atoms in total. The zero-order valence-corrected chi connectivity index (χ0v) is 16.6. The third kappa shape index (κ3) is 3.60. The number of rotatable bonds is 5. The summed E-state index contributed by atoms with van der Waals surface area (Å²) in [7, 11) is 0. The van der Waals surface area contributed by atoms with E-state index in [0.717, 1.165) is 4.90 Å². The average molecular weight is 428 g/mol. The Bertz CT molecular complexity index is 1240. The van der Waals surface area contributed by atoms with Gasteiger partial charge in [0.25, 0.3) is 11.5 Å². The number of aryl methyl sites for hydroxylation is 1. The van der Waals surface area contributed by atoms with E-state index in [1.165, 1.54) is 41.7 Å². The van der Waals surface area contributed by atoms with Gasteiger partial charge in [0.1, 0.15) is 16.9 Å². The first kappa shape index (κ1) is 20.5. The monoisotopic (exact) mass is 428 g/mol. The minimum atomic E-state index is -2.97. The van der Waals surface area contributed by atoms with Gasteiger partial charge in [0.15, 0.2) is 0 Å². The van der Waals surface area contributed by atoms with E-state index in [9.17, 15) is 23.2 Å². The number of imide groups is 1. The Balaban J connectivity index is 1.61. The molecule has 3 amide bonds. The molecule has 160 valence electrons. The molecule has 3 aromatic rings. The van der Waals surface area contributed by atoms with Crippen molar-refractivity contribution in [2.45, 2.75) is 32.5 Å². The maximum atomic E-state index is 13.1. The number of nitrogens with zero attached hydrogens (tertiary/aromatic N) is 3. The fourth-order valence-electron chi connectivity index (χ4n) is 3.61. The van der Waals surface area contributed by atoms with Crippen molar-refractivity contribution in [2.75, 3.05) is 0 Å². The van der Waals surface area contributed by atoms with E-state index in [-0.39, 0.29) is 23.5 Å². The van der Waals surface area contributed by atoms with Gasteiger partial charge in [0, 0.05) is 11.8 Å². The summed E-state index contributed by atoms with van der Waals surface area (Å²) in [5.41, 5.74) is 0.0714. The predicted octanol–water partition coefficient (Wildman–Crippen LogP) is 2.57. The molecule has 0 aliphatic carbocycles. The molecule has 2 aromatic heterocycles. The highest BCUT2D eigenvalue weighted by Gasteiger charge is 2.49. The lowest BCUT2D eigenvalue weighted by atomic mass is 9.92. The third-order valence-electron chi connectivity index (χ3n) is 5.19. The topological polar surface area (TPSA) is 93.0 Å². The standard InChI is InChI=1S/C21H18F2N4O4/c1-12-4-3-5-16-24-14(10-17(28)27(12)16)11-26-18(29)21(2,25-20(26)30)13-6-8-15(9-7-13)31-19(22)23/h3-10,19H,11H2,1-2H3,(H,25,30)/t21-/m1/s1. The molecule has 1 aliphatic rings. The molecule has 3 heterocycles. The number of carbonyl (C=O) groups excluding carboxylic acids is 2. The van der Waals surface area contributed by atoms with E-state index < -0.39 is 24.1 Å². The zero-order chi connectivity index (χ0) is 22.3. The van der Waals surface area contributed by atoms with Crippen LogP contribution in [0.1, 0.15) is 23.9 Å². The molecule has 0 radical (unpaired) electrons. The van der Waals surface area contributed by atoms with Crippen molar-refractivity contribution in [1.29, 1.82) is 0 Å². The maximum absolute atomic E-state index is 13.1. The Morgan fingerprint density at radius 2 is 1.84 bits per heavy atom. The van der Waals surface area contributed by atoms with Crippen LogP contribution < -0.4 is 15.6 Å². The zero-order valence-electron chi connectivity index (χ0n) is 16.6. The first-order valence-corrected chi connectivity index (χ1v) is 9.37. The van der Waals surface area contributed by atoms with E-state index in [2.05, 4.69) is 15.0 Å². The molecule has 1 saturated heterocycles. The molecule has 0 bridgehead atoms. The molecule has 0 saturated carbocycles. The van der Waals surface area contributed by atoms with E-state index in [4.69, 9.17) is 0 Å². The van der Waals surface area contributed by atoms with Crippen molar-refractivity contribution in [3.05, 3.63) is 75.8 Å². The lowest BCUT2D eigenvalue weighted by Crippen LogP contribution is -2.40. The summed E-state index contributed by atoms with van der Waals surface area (Å²) in [6, 6.07) is 11.3. The van der Waals surface area contributed by atoms with Gasteiger partial charge in [-0.25, -0.2) is 9.78 Å². The number of urea groups is 1. The molecule has 0 unspecified atom stereocenters. The van der Waals surface area contributed by atoms with Gasteiger partial charge in [-0.1, -0.05) is 18.2 Å². The smallest absolute Gasteiger partial charge is 0.387 e. The molecule has 10 heteroatoms. The van der Waals surface area contributed by atoms with Crippen LogP contribution in [0.3, 0.4) is 0 Å². The molecule has 0 spiro atoms. The second-order valence-corrected chi connectivity index (χ2v) is 7.30. The van der Waals surface area contributed by atoms with Crippen LogP contribution in [0.25, 0.3) is 5.65 Å². The number of pyridine rings is 1. The second kappa shape index (κ2) is 7.46. The van der Waals surface area contributed by atoms with Crippen molar-refractivity contribution < 1.29 is 23.1 Å². The fourth-order valence-corrected chi connectivity index (χ4v) is 3.61. The number of benzene rings is 1. The van der Waals surface area contributed by atoms with Crippen LogP contribution in [-0.2, 0) is 16.9 Å². The highest BCUT2D eigenvalue weighted by atomic mass is 19.3. The molecule has 1 aromatic carbocycles. The quantitative estimate of drug-likeness (QED) is 0.631. The molecule has 31 heavy (non-hydrogen) atoms. The minimum Gasteiger partial charge on any atom is -0.435 e. The number of halogens is 2. The van der Waals surface area contributed by atoms with Crippen molar-refractivity contribution in [3.8, 4) is 5.75 Å². The summed E-state index contributed by atoms with van der Waals surface area (Å²) >= 11 is 0. The minimum absolute atomic E-state index is 0.0629. The van der Waals surface area contributed by atoms with Crippen LogP contribution in [-0.4, -0.2) is 32.8 Å². The molecule has 1 fully saturated rings. The summed E-state index contributed by atoms with van der Waals surface area (Å²) in [4.78, 5) is 43.5. The van der Waals surface area contributed by atoms with Gasteiger partial charge < -0.3 is 10.1 Å². The van der Waals surface area contributed by atoms with Gasteiger partial charge in [-0.3, -0.25) is 18.9 Å². The highest BCUT2D eigenvalue weighted by molar-refractivity contribution is 6.07. The van der Waals surface area contributed by atoms with Crippen molar-refractivity contribution in [3.63, 3.8) is 0 Å². The Morgan fingerprint density at radius 1 is 1.13 bits per heavy atom. The molecule has 1 aliphatic heterocycles. The van der Waals surface area contributed by atoms with Crippen molar-refractivity contribution >= 4 is 17.6 Å². The number of hydrogen-bond acceptors (Lipinski definition) is 5. The van der Waals surface area contributed by atoms with Crippen LogP contribution >= 0.6 is 0 Å². The number of fused-ring (bicyclic) bond motifs is 1.